The van der Waals surface area contributed by atoms with Crippen molar-refractivity contribution in [1.29, 1.82) is 0 Å². The number of aliphatic hydroxyl groups excluding tert-OH is 1. The molecule has 1 amide bonds. The van der Waals surface area contributed by atoms with Gasteiger partial charge in [-0.3, -0.25) is 4.79 Å². The van der Waals surface area contributed by atoms with Crippen molar-refractivity contribution in [2.45, 2.75) is 44.3 Å². The third-order valence-corrected chi connectivity index (χ3v) is 5.99. The fourth-order valence-electron chi connectivity index (χ4n) is 4.28. The fourth-order valence-corrected chi connectivity index (χ4v) is 4.28. The summed E-state index contributed by atoms with van der Waals surface area (Å²) in [5, 5.41) is 14.6. The Bertz CT molecular complexity index is 894. The lowest BCUT2D eigenvalue weighted by molar-refractivity contribution is -0.144. The minimum absolute atomic E-state index is 0.0519. The van der Waals surface area contributed by atoms with E-state index in [1.54, 1.807) is 6.07 Å². The average Bonchev–Trinajstić information content (AvgIpc) is 3.22. The summed E-state index contributed by atoms with van der Waals surface area (Å²) in [6.45, 7) is 1.24. The van der Waals surface area contributed by atoms with Gasteiger partial charge in [0, 0.05) is 25.9 Å². The molecule has 6 heteroatoms. The Balaban J connectivity index is 1.24. The first-order chi connectivity index (χ1) is 14.6. The van der Waals surface area contributed by atoms with E-state index in [0.717, 1.165) is 29.7 Å². The smallest absolute Gasteiger partial charge is 0.266 e. The van der Waals surface area contributed by atoms with Crippen LogP contribution in [0.2, 0.25) is 0 Å². The number of hydrogen-bond donors (Lipinski definition) is 1. The van der Waals surface area contributed by atoms with Crippen LogP contribution in [0.15, 0.2) is 59.8 Å². The molecule has 0 aliphatic carbocycles. The van der Waals surface area contributed by atoms with E-state index in [-0.39, 0.29) is 17.6 Å². The van der Waals surface area contributed by atoms with Crippen molar-refractivity contribution >= 4 is 11.6 Å². The van der Waals surface area contributed by atoms with E-state index >= 15 is 0 Å². The maximum Gasteiger partial charge on any atom is 0.266 e. The zero-order valence-corrected chi connectivity index (χ0v) is 16.9. The summed E-state index contributed by atoms with van der Waals surface area (Å²) in [5.41, 5.74) is 2.71. The number of nitrogens with zero attached hydrogens (tertiary/aromatic N) is 2. The average molecular weight is 410 g/mol. The summed E-state index contributed by atoms with van der Waals surface area (Å²) >= 11 is 0. The predicted molar refractivity (Wildman–Crippen MR) is 112 cm³/mol. The van der Waals surface area contributed by atoms with Crippen LogP contribution in [0.25, 0.3) is 0 Å². The van der Waals surface area contributed by atoms with Crippen LogP contribution in [0.3, 0.4) is 0 Å². The first kappa shape index (κ1) is 20.5. The Morgan fingerprint density at radius 2 is 1.87 bits per heavy atom. The number of carbonyl (C=O) groups is 1. The lowest BCUT2D eigenvalue weighted by Gasteiger charge is -2.35. The standard InChI is InChI=1S/C24H27FN2O3/c25-20-8-4-7-18(13-20)14-21-16-23(30-26-21)24(29)27-11-9-19(10-12-27)22(28)15-17-5-2-1-3-6-17/h1-8,13,19,22-23,28H,9-12,14-16H2/t22-,23+/m0/s1. The van der Waals surface area contributed by atoms with Crippen LogP contribution in [0.1, 0.15) is 30.4 Å². The van der Waals surface area contributed by atoms with Crippen molar-refractivity contribution in [2.75, 3.05) is 13.1 Å². The van der Waals surface area contributed by atoms with Crippen molar-refractivity contribution in [1.82, 2.24) is 4.90 Å². The maximum absolute atomic E-state index is 13.3. The van der Waals surface area contributed by atoms with Gasteiger partial charge in [-0.05, 0) is 48.4 Å². The van der Waals surface area contributed by atoms with Crippen molar-refractivity contribution in [2.24, 2.45) is 11.1 Å². The van der Waals surface area contributed by atoms with Crippen molar-refractivity contribution < 1.29 is 19.1 Å². The Hall–Kier alpha value is -2.73. The summed E-state index contributed by atoms with van der Waals surface area (Å²) < 4.78 is 13.3. The summed E-state index contributed by atoms with van der Waals surface area (Å²) in [6.07, 6.45) is 2.13. The molecule has 2 heterocycles. The highest BCUT2D eigenvalue weighted by atomic mass is 19.1. The van der Waals surface area contributed by atoms with Crippen LogP contribution in [0, 0.1) is 11.7 Å². The number of rotatable bonds is 6. The SMILES string of the molecule is O=C([C@H]1CC(Cc2cccc(F)c2)=NO1)N1CCC([C@@H](O)Cc2ccccc2)CC1. The Kier molecular flexibility index (Phi) is 6.43. The molecule has 158 valence electrons. The fraction of sp³-hybridized carbons (Fsp3) is 0.417. The van der Waals surface area contributed by atoms with E-state index in [0.29, 0.717) is 32.4 Å². The Morgan fingerprint density at radius 1 is 1.13 bits per heavy atom. The lowest BCUT2D eigenvalue weighted by Crippen LogP contribution is -2.45. The second kappa shape index (κ2) is 9.39. The highest BCUT2D eigenvalue weighted by molar-refractivity contribution is 5.94. The number of piperidine rings is 1. The molecule has 2 aliphatic rings. The summed E-state index contributed by atoms with van der Waals surface area (Å²) in [6, 6.07) is 16.4. The molecule has 1 fully saturated rings. The zero-order chi connectivity index (χ0) is 20.9. The predicted octanol–water partition coefficient (Wildman–Crippen LogP) is 3.36. The highest BCUT2D eigenvalue weighted by Gasteiger charge is 2.35. The largest absolute Gasteiger partial charge is 0.392 e. The van der Waals surface area contributed by atoms with Gasteiger partial charge in [-0.1, -0.05) is 47.6 Å². The maximum atomic E-state index is 13.3. The molecule has 2 aromatic rings. The van der Waals surface area contributed by atoms with E-state index in [4.69, 9.17) is 4.84 Å². The van der Waals surface area contributed by atoms with Gasteiger partial charge in [0.1, 0.15) is 5.82 Å². The molecule has 30 heavy (non-hydrogen) atoms. The molecule has 0 saturated carbocycles. The number of likely N-dealkylation sites (tertiary alicyclic amines) is 1. The van der Waals surface area contributed by atoms with Gasteiger partial charge >= 0.3 is 0 Å². The molecule has 1 N–H and O–H groups in total. The van der Waals surface area contributed by atoms with Crippen LogP contribution in [0.4, 0.5) is 4.39 Å². The zero-order valence-electron chi connectivity index (χ0n) is 16.9. The van der Waals surface area contributed by atoms with E-state index in [1.807, 2.05) is 41.3 Å². The van der Waals surface area contributed by atoms with Gasteiger partial charge in [-0.2, -0.15) is 0 Å². The number of hydrogen-bond acceptors (Lipinski definition) is 4. The van der Waals surface area contributed by atoms with E-state index < -0.39 is 12.2 Å². The highest BCUT2D eigenvalue weighted by Crippen LogP contribution is 2.25. The molecule has 2 aromatic carbocycles. The Labute approximate surface area is 176 Å². The second-order valence-electron chi connectivity index (χ2n) is 8.18. The van der Waals surface area contributed by atoms with Crippen LogP contribution >= 0.6 is 0 Å². The summed E-state index contributed by atoms with van der Waals surface area (Å²) in [4.78, 5) is 20.0. The van der Waals surface area contributed by atoms with Gasteiger partial charge in [0.15, 0.2) is 0 Å². The number of carbonyl (C=O) groups excluding carboxylic acids is 1. The molecule has 0 spiro atoms. The van der Waals surface area contributed by atoms with Crippen molar-refractivity contribution in [3.8, 4) is 0 Å². The normalized spacial score (nSPS) is 20.5. The molecule has 5 nitrogen and oxygen atoms in total. The molecule has 0 aromatic heterocycles. The molecular weight excluding hydrogens is 383 g/mol. The molecule has 0 unspecified atom stereocenters. The first-order valence-corrected chi connectivity index (χ1v) is 10.6. The molecule has 1 saturated heterocycles. The first-order valence-electron chi connectivity index (χ1n) is 10.6. The number of benzene rings is 2. The molecular formula is C24H27FN2O3. The molecule has 0 radical (unpaired) electrons. The van der Waals surface area contributed by atoms with Crippen LogP contribution in [0.5, 0.6) is 0 Å². The van der Waals surface area contributed by atoms with Crippen molar-refractivity contribution in [3.05, 3.63) is 71.5 Å². The summed E-state index contributed by atoms with van der Waals surface area (Å²) in [7, 11) is 0. The Morgan fingerprint density at radius 3 is 2.60 bits per heavy atom. The van der Waals surface area contributed by atoms with E-state index in [2.05, 4.69) is 5.16 Å². The minimum Gasteiger partial charge on any atom is -0.392 e. The third-order valence-electron chi connectivity index (χ3n) is 5.99. The number of oxime groups is 1. The van der Waals surface area contributed by atoms with Crippen LogP contribution in [-0.2, 0) is 22.5 Å². The quantitative estimate of drug-likeness (QED) is 0.794. The van der Waals surface area contributed by atoms with Gasteiger partial charge in [-0.25, -0.2) is 4.39 Å². The summed E-state index contributed by atoms with van der Waals surface area (Å²) in [5.74, 6) is -0.139. The van der Waals surface area contributed by atoms with Gasteiger partial charge < -0.3 is 14.8 Å². The third kappa shape index (κ3) is 5.05. The molecule has 4 rings (SSSR count). The van der Waals surface area contributed by atoms with Crippen LogP contribution < -0.4 is 0 Å². The van der Waals surface area contributed by atoms with Crippen molar-refractivity contribution in [3.63, 3.8) is 0 Å². The number of halogens is 1. The van der Waals surface area contributed by atoms with Crippen LogP contribution in [-0.4, -0.2) is 46.9 Å². The number of amides is 1. The van der Waals surface area contributed by atoms with Gasteiger partial charge in [-0.15, -0.1) is 0 Å². The van der Waals surface area contributed by atoms with E-state index in [9.17, 15) is 14.3 Å². The molecule has 2 aliphatic heterocycles. The lowest BCUT2D eigenvalue weighted by atomic mass is 9.87. The van der Waals surface area contributed by atoms with E-state index in [1.165, 1.54) is 12.1 Å². The molecule has 0 bridgehead atoms. The minimum atomic E-state index is -0.598. The monoisotopic (exact) mass is 410 g/mol. The van der Waals surface area contributed by atoms with Gasteiger partial charge in [0.05, 0.1) is 11.8 Å². The number of aliphatic hydroxyl groups is 1. The second-order valence-corrected chi connectivity index (χ2v) is 8.18. The topological polar surface area (TPSA) is 62.1 Å². The van der Waals surface area contributed by atoms with Gasteiger partial charge in [0.25, 0.3) is 5.91 Å². The molecule has 2 atom stereocenters. The van der Waals surface area contributed by atoms with Gasteiger partial charge in [0.2, 0.25) is 6.10 Å².